The molecule has 0 bridgehead atoms. The molecule has 1 atom stereocenters. The first-order valence-electron chi connectivity index (χ1n) is 7.79. The molecule has 7 nitrogen and oxygen atoms in total. The second-order valence-electron chi connectivity index (χ2n) is 5.46. The van der Waals surface area contributed by atoms with Crippen LogP contribution in [0.15, 0.2) is 36.4 Å². The number of nitrogens with zero attached hydrogens (tertiary/aromatic N) is 1. The van der Waals surface area contributed by atoms with E-state index in [-0.39, 0.29) is 12.0 Å². The maximum Gasteiger partial charge on any atom is 0.287 e. The lowest BCUT2D eigenvalue weighted by molar-refractivity contribution is 0.0938. The standard InChI is InChI=1S/C16H19N5O2S/c22-15(20-21-16(24)17-10-12-7-4-8-23-12)14-9-13(18-19-14)11-5-2-1-3-6-11/h1-3,5-6,9,12H,4,7-8,10H2,(H,18,19)(H,20,22)(H2,17,21,24)/t12-/m1/s1. The fraction of sp³-hybridized carbons (Fsp3) is 0.312. The summed E-state index contributed by atoms with van der Waals surface area (Å²) in [4.78, 5) is 12.1. The third-order valence-corrected chi connectivity index (χ3v) is 3.94. The van der Waals surface area contributed by atoms with Gasteiger partial charge >= 0.3 is 0 Å². The van der Waals surface area contributed by atoms with Crippen molar-refractivity contribution in [1.82, 2.24) is 26.4 Å². The number of nitrogens with one attached hydrogen (secondary N) is 4. The van der Waals surface area contributed by atoms with Crippen molar-refractivity contribution in [3.8, 4) is 11.3 Å². The van der Waals surface area contributed by atoms with Crippen LogP contribution in [0.25, 0.3) is 11.3 Å². The highest BCUT2D eigenvalue weighted by Crippen LogP contribution is 2.16. The second kappa shape index (κ2) is 7.89. The number of hydrazine groups is 1. The Morgan fingerprint density at radius 3 is 2.92 bits per heavy atom. The van der Waals surface area contributed by atoms with E-state index < -0.39 is 0 Å². The zero-order valence-electron chi connectivity index (χ0n) is 13.0. The van der Waals surface area contributed by atoms with E-state index in [1.54, 1.807) is 6.07 Å². The van der Waals surface area contributed by atoms with Gasteiger partial charge < -0.3 is 10.1 Å². The maximum absolute atomic E-state index is 12.1. The molecular formula is C16H19N5O2S. The minimum Gasteiger partial charge on any atom is -0.376 e. The van der Waals surface area contributed by atoms with Gasteiger partial charge in [-0.15, -0.1) is 0 Å². The van der Waals surface area contributed by atoms with Gasteiger partial charge in [0.05, 0.1) is 11.8 Å². The topological polar surface area (TPSA) is 91.1 Å². The van der Waals surface area contributed by atoms with Gasteiger partial charge in [0.2, 0.25) is 0 Å². The van der Waals surface area contributed by atoms with Crippen LogP contribution in [0.1, 0.15) is 23.3 Å². The van der Waals surface area contributed by atoms with Crippen LogP contribution in [0.4, 0.5) is 0 Å². The van der Waals surface area contributed by atoms with Crippen LogP contribution >= 0.6 is 12.2 Å². The van der Waals surface area contributed by atoms with Crippen molar-refractivity contribution in [3.05, 3.63) is 42.1 Å². The lowest BCUT2D eigenvalue weighted by atomic mass is 10.1. The fourth-order valence-electron chi connectivity index (χ4n) is 2.43. The molecule has 1 aromatic carbocycles. The number of hydrogen-bond acceptors (Lipinski definition) is 4. The molecule has 0 saturated carbocycles. The van der Waals surface area contributed by atoms with E-state index in [1.807, 2.05) is 30.3 Å². The minimum absolute atomic E-state index is 0.182. The monoisotopic (exact) mass is 345 g/mol. The molecule has 1 saturated heterocycles. The zero-order valence-corrected chi connectivity index (χ0v) is 13.9. The number of carbonyl (C=O) groups is 1. The molecule has 0 spiro atoms. The number of benzene rings is 1. The number of rotatable bonds is 4. The number of carbonyl (C=O) groups excluding carboxylic acids is 1. The smallest absolute Gasteiger partial charge is 0.287 e. The van der Waals surface area contributed by atoms with Gasteiger partial charge in [-0.2, -0.15) is 5.10 Å². The van der Waals surface area contributed by atoms with Crippen LogP contribution < -0.4 is 16.2 Å². The third-order valence-electron chi connectivity index (χ3n) is 3.70. The average molecular weight is 345 g/mol. The van der Waals surface area contributed by atoms with Crippen LogP contribution in [0.5, 0.6) is 0 Å². The Labute approximate surface area is 145 Å². The largest absolute Gasteiger partial charge is 0.376 e. The summed E-state index contributed by atoms with van der Waals surface area (Å²) in [6.07, 6.45) is 2.28. The summed E-state index contributed by atoms with van der Waals surface area (Å²) in [6.45, 7) is 1.43. The second-order valence-corrected chi connectivity index (χ2v) is 5.87. The molecule has 2 heterocycles. The Morgan fingerprint density at radius 1 is 1.33 bits per heavy atom. The lowest BCUT2D eigenvalue weighted by Crippen LogP contribution is -2.48. The van der Waals surface area contributed by atoms with Crippen molar-refractivity contribution in [2.75, 3.05) is 13.2 Å². The number of hydrogen-bond donors (Lipinski definition) is 4. The number of aromatic nitrogens is 2. The number of aromatic amines is 1. The van der Waals surface area contributed by atoms with Crippen molar-refractivity contribution in [3.63, 3.8) is 0 Å². The van der Waals surface area contributed by atoms with E-state index in [2.05, 4.69) is 26.4 Å². The van der Waals surface area contributed by atoms with Gasteiger partial charge in [0.25, 0.3) is 5.91 Å². The lowest BCUT2D eigenvalue weighted by Gasteiger charge is -2.14. The van der Waals surface area contributed by atoms with Crippen molar-refractivity contribution in [2.45, 2.75) is 18.9 Å². The molecule has 4 N–H and O–H groups in total. The first kappa shape index (κ1) is 16.4. The molecule has 1 aliphatic rings. The molecule has 0 radical (unpaired) electrons. The van der Waals surface area contributed by atoms with E-state index >= 15 is 0 Å². The van der Waals surface area contributed by atoms with E-state index in [0.29, 0.717) is 23.0 Å². The van der Waals surface area contributed by atoms with Gasteiger partial charge in [0.1, 0.15) is 5.69 Å². The van der Waals surface area contributed by atoms with Gasteiger partial charge in [-0.3, -0.25) is 20.7 Å². The van der Waals surface area contributed by atoms with E-state index in [1.165, 1.54) is 0 Å². The highest BCUT2D eigenvalue weighted by Gasteiger charge is 2.15. The number of amides is 1. The molecule has 1 amide bonds. The van der Waals surface area contributed by atoms with Gasteiger partial charge in [0.15, 0.2) is 5.11 Å². The van der Waals surface area contributed by atoms with Crippen molar-refractivity contribution < 1.29 is 9.53 Å². The van der Waals surface area contributed by atoms with Crippen LogP contribution in [0.3, 0.4) is 0 Å². The Balaban J connectivity index is 1.46. The molecule has 1 aliphatic heterocycles. The third kappa shape index (κ3) is 4.30. The number of ether oxygens (including phenoxy) is 1. The van der Waals surface area contributed by atoms with Crippen molar-refractivity contribution in [2.24, 2.45) is 0 Å². The predicted molar refractivity (Wildman–Crippen MR) is 94.2 cm³/mol. The van der Waals surface area contributed by atoms with E-state index in [4.69, 9.17) is 17.0 Å². The van der Waals surface area contributed by atoms with Crippen LogP contribution in [0.2, 0.25) is 0 Å². The molecule has 0 aliphatic carbocycles. The summed E-state index contributed by atoms with van der Waals surface area (Å²) < 4.78 is 5.49. The summed E-state index contributed by atoms with van der Waals surface area (Å²) in [5.41, 5.74) is 7.20. The van der Waals surface area contributed by atoms with Gasteiger partial charge in [-0.05, 0) is 31.1 Å². The molecule has 2 aromatic rings. The number of H-pyrrole nitrogens is 1. The number of thiocarbonyl (C=S) groups is 1. The first-order valence-corrected chi connectivity index (χ1v) is 8.20. The van der Waals surface area contributed by atoms with Gasteiger partial charge in [0, 0.05) is 18.7 Å². The highest BCUT2D eigenvalue weighted by molar-refractivity contribution is 7.80. The Morgan fingerprint density at radius 2 is 2.17 bits per heavy atom. The van der Waals surface area contributed by atoms with E-state index in [9.17, 15) is 4.79 Å². The summed E-state index contributed by atoms with van der Waals surface area (Å²) in [6, 6.07) is 11.3. The molecular weight excluding hydrogens is 326 g/mol. The predicted octanol–water partition coefficient (Wildman–Crippen LogP) is 1.36. The normalized spacial score (nSPS) is 16.6. The molecule has 24 heavy (non-hydrogen) atoms. The summed E-state index contributed by atoms with van der Waals surface area (Å²) >= 11 is 5.12. The average Bonchev–Trinajstić information content (AvgIpc) is 3.30. The molecule has 1 fully saturated rings. The van der Waals surface area contributed by atoms with Crippen molar-refractivity contribution in [1.29, 1.82) is 0 Å². The summed E-state index contributed by atoms with van der Waals surface area (Å²) in [5, 5.41) is 10.2. The van der Waals surface area contributed by atoms with Crippen LogP contribution in [0, 0.1) is 0 Å². The van der Waals surface area contributed by atoms with Crippen LogP contribution in [-0.2, 0) is 4.74 Å². The molecule has 126 valence electrons. The summed E-state index contributed by atoms with van der Waals surface area (Å²) in [7, 11) is 0. The van der Waals surface area contributed by atoms with Gasteiger partial charge in [-0.1, -0.05) is 30.3 Å². The fourth-order valence-corrected chi connectivity index (χ4v) is 2.57. The Bertz CT molecular complexity index is 698. The molecule has 1 aromatic heterocycles. The van der Waals surface area contributed by atoms with Crippen LogP contribution in [-0.4, -0.2) is 40.5 Å². The quantitative estimate of drug-likeness (QED) is 0.494. The zero-order chi connectivity index (χ0) is 16.8. The molecule has 8 heteroatoms. The molecule has 0 unspecified atom stereocenters. The maximum atomic E-state index is 12.1. The van der Waals surface area contributed by atoms with Crippen molar-refractivity contribution >= 4 is 23.2 Å². The summed E-state index contributed by atoms with van der Waals surface area (Å²) in [5.74, 6) is -0.342. The van der Waals surface area contributed by atoms with Gasteiger partial charge in [-0.25, -0.2) is 0 Å². The Kier molecular flexibility index (Phi) is 5.39. The SMILES string of the molecule is O=C(NNC(=S)NC[C@H]1CCCO1)c1cc(-c2ccccc2)n[nH]1. The highest BCUT2D eigenvalue weighted by atomic mass is 32.1. The van der Waals surface area contributed by atoms with E-state index in [0.717, 1.165) is 25.0 Å². The minimum atomic E-state index is -0.342. The molecule has 3 rings (SSSR count). The first-order chi connectivity index (χ1) is 11.7. The Hall–Kier alpha value is -2.45.